The van der Waals surface area contributed by atoms with Crippen molar-refractivity contribution >= 4 is 21.6 Å². The summed E-state index contributed by atoms with van der Waals surface area (Å²) in [5, 5.41) is 2.13. The van der Waals surface area contributed by atoms with Gasteiger partial charge in [0.15, 0.2) is 5.82 Å². The van der Waals surface area contributed by atoms with Gasteiger partial charge in [-0.15, -0.1) is 0 Å². The van der Waals surface area contributed by atoms with Gasteiger partial charge in [0.25, 0.3) is 5.91 Å². The van der Waals surface area contributed by atoms with E-state index in [1.165, 1.54) is 0 Å². The maximum Gasteiger partial charge on any atom is 0.257 e. The topological polar surface area (TPSA) is 101 Å². The minimum Gasteiger partial charge on any atom is -0.396 e. The van der Waals surface area contributed by atoms with Crippen molar-refractivity contribution in [2.75, 3.05) is 24.6 Å². The van der Waals surface area contributed by atoms with E-state index in [1.807, 2.05) is 0 Å². The summed E-state index contributed by atoms with van der Waals surface area (Å²) in [5.74, 6) is -3.68. The number of nitrogens with two attached hydrogens (primary N) is 1. The van der Waals surface area contributed by atoms with Crippen molar-refractivity contribution in [2.45, 2.75) is 6.92 Å². The van der Waals surface area contributed by atoms with E-state index in [0.717, 1.165) is 12.1 Å². The van der Waals surface area contributed by atoms with Gasteiger partial charge in [-0.2, -0.15) is 0 Å². The largest absolute Gasteiger partial charge is 0.396 e. The fourth-order valence-electron chi connectivity index (χ4n) is 1.46. The summed E-state index contributed by atoms with van der Waals surface area (Å²) in [6.45, 7) is 1.55. The highest BCUT2D eigenvalue weighted by Gasteiger charge is 2.19. The van der Waals surface area contributed by atoms with Gasteiger partial charge in [0, 0.05) is 13.1 Å². The lowest BCUT2D eigenvalue weighted by molar-refractivity contribution is 0.0948. The van der Waals surface area contributed by atoms with E-state index in [4.69, 9.17) is 5.73 Å². The standard InChI is InChI=1S/C11H15F2N3O3S/c1-2-16-20(18,19)6-5-15-11(17)9-7(12)3-4-8(14)10(9)13/h3-4,16H,2,5-6,14H2,1H3,(H,15,17). The van der Waals surface area contributed by atoms with Gasteiger partial charge in [-0.3, -0.25) is 4.79 Å². The fourth-order valence-corrected chi connectivity index (χ4v) is 2.41. The number of carbonyl (C=O) groups excluding carboxylic acids is 1. The molecule has 0 fully saturated rings. The van der Waals surface area contributed by atoms with Crippen molar-refractivity contribution in [2.24, 2.45) is 0 Å². The molecule has 6 nitrogen and oxygen atoms in total. The van der Waals surface area contributed by atoms with E-state index in [1.54, 1.807) is 6.92 Å². The monoisotopic (exact) mass is 307 g/mol. The van der Waals surface area contributed by atoms with E-state index in [9.17, 15) is 22.0 Å². The number of nitrogen functional groups attached to an aromatic ring is 1. The number of anilines is 1. The van der Waals surface area contributed by atoms with Crippen molar-refractivity contribution in [3.63, 3.8) is 0 Å². The molecule has 0 radical (unpaired) electrons. The van der Waals surface area contributed by atoms with Crippen LogP contribution >= 0.6 is 0 Å². The van der Waals surface area contributed by atoms with Crippen LogP contribution in [0.2, 0.25) is 0 Å². The Balaban J connectivity index is 2.72. The number of rotatable bonds is 6. The Hall–Kier alpha value is -1.74. The molecule has 0 saturated heterocycles. The third-order valence-electron chi connectivity index (χ3n) is 2.37. The molecular formula is C11H15F2N3O3S. The number of benzene rings is 1. The average molecular weight is 307 g/mol. The minimum absolute atomic E-state index is 0.217. The highest BCUT2D eigenvalue weighted by Crippen LogP contribution is 2.18. The van der Waals surface area contributed by atoms with E-state index in [2.05, 4.69) is 10.0 Å². The Bertz CT molecular complexity index is 605. The Labute approximate surface area is 115 Å². The number of sulfonamides is 1. The molecule has 112 valence electrons. The van der Waals surface area contributed by atoms with Crippen LogP contribution in [0.25, 0.3) is 0 Å². The lowest BCUT2D eigenvalue weighted by Crippen LogP contribution is -2.35. The number of halogens is 2. The van der Waals surface area contributed by atoms with Crippen LogP contribution in [-0.2, 0) is 10.0 Å². The van der Waals surface area contributed by atoms with Gasteiger partial charge < -0.3 is 11.1 Å². The number of hydrogen-bond donors (Lipinski definition) is 3. The minimum atomic E-state index is -3.51. The second-order valence-electron chi connectivity index (χ2n) is 3.90. The van der Waals surface area contributed by atoms with E-state index < -0.39 is 38.9 Å². The second-order valence-corrected chi connectivity index (χ2v) is 5.82. The molecule has 4 N–H and O–H groups in total. The number of amides is 1. The molecule has 1 amide bonds. The molecule has 0 spiro atoms. The summed E-state index contributed by atoms with van der Waals surface area (Å²) in [5.41, 5.74) is 4.05. The molecule has 1 aromatic carbocycles. The SMILES string of the molecule is CCNS(=O)(=O)CCNC(=O)c1c(F)ccc(N)c1F. The van der Waals surface area contributed by atoms with Crippen molar-refractivity contribution in [3.8, 4) is 0 Å². The van der Waals surface area contributed by atoms with Gasteiger partial charge in [0.05, 0.1) is 11.4 Å². The average Bonchev–Trinajstić information content (AvgIpc) is 2.34. The quantitative estimate of drug-likeness (QED) is 0.654. The molecule has 0 aliphatic heterocycles. The molecule has 1 rings (SSSR count). The summed E-state index contributed by atoms with van der Waals surface area (Å²) < 4.78 is 51.7. The van der Waals surface area contributed by atoms with Crippen LogP contribution in [-0.4, -0.2) is 33.2 Å². The van der Waals surface area contributed by atoms with Crippen molar-refractivity contribution in [1.29, 1.82) is 0 Å². The molecule has 0 bridgehead atoms. The van der Waals surface area contributed by atoms with Gasteiger partial charge in [-0.25, -0.2) is 21.9 Å². The van der Waals surface area contributed by atoms with Crippen LogP contribution in [0.3, 0.4) is 0 Å². The molecule has 1 aromatic rings. The Morgan fingerprint density at radius 2 is 2.00 bits per heavy atom. The van der Waals surface area contributed by atoms with Gasteiger partial charge in [0.2, 0.25) is 10.0 Å². The summed E-state index contributed by atoms with van der Waals surface area (Å²) in [4.78, 5) is 11.6. The van der Waals surface area contributed by atoms with E-state index >= 15 is 0 Å². The smallest absolute Gasteiger partial charge is 0.257 e. The lowest BCUT2D eigenvalue weighted by atomic mass is 10.1. The molecular weight excluding hydrogens is 292 g/mol. The van der Waals surface area contributed by atoms with E-state index in [-0.39, 0.29) is 18.8 Å². The van der Waals surface area contributed by atoms with Crippen LogP contribution < -0.4 is 15.8 Å². The van der Waals surface area contributed by atoms with Crippen LogP contribution in [0.15, 0.2) is 12.1 Å². The molecule has 20 heavy (non-hydrogen) atoms. The molecule has 0 heterocycles. The van der Waals surface area contributed by atoms with Crippen molar-refractivity contribution in [3.05, 3.63) is 29.3 Å². The maximum absolute atomic E-state index is 13.5. The zero-order valence-electron chi connectivity index (χ0n) is 10.7. The molecule has 0 saturated carbocycles. The summed E-state index contributed by atoms with van der Waals surface area (Å²) in [7, 11) is -3.51. The molecule has 0 aliphatic carbocycles. The molecule has 0 aliphatic rings. The Kier molecular flexibility index (Phi) is 5.40. The highest BCUT2D eigenvalue weighted by atomic mass is 32.2. The Morgan fingerprint density at radius 3 is 2.60 bits per heavy atom. The zero-order chi connectivity index (χ0) is 15.3. The first kappa shape index (κ1) is 16.3. The second kappa shape index (κ2) is 6.62. The highest BCUT2D eigenvalue weighted by molar-refractivity contribution is 7.89. The fraction of sp³-hybridized carbons (Fsp3) is 0.364. The third kappa shape index (κ3) is 4.14. The normalized spacial score (nSPS) is 11.3. The predicted molar refractivity (Wildman–Crippen MR) is 70.6 cm³/mol. The van der Waals surface area contributed by atoms with E-state index in [0.29, 0.717) is 0 Å². The van der Waals surface area contributed by atoms with Crippen molar-refractivity contribution in [1.82, 2.24) is 10.0 Å². The predicted octanol–water partition coefficient (Wildman–Crippen LogP) is 0.216. The number of nitrogens with one attached hydrogen (secondary N) is 2. The summed E-state index contributed by atoms with van der Waals surface area (Å²) in [6.07, 6.45) is 0. The Morgan fingerprint density at radius 1 is 1.35 bits per heavy atom. The lowest BCUT2D eigenvalue weighted by Gasteiger charge is -2.09. The van der Waals surface area contributed by atoms with Crippen LogP contribution in [0, 0.1) is 11.6 Å². The first-order chi connectivity index (χ1) is 9.28. The van der Waals surface area contributed by atoms with Crippen LogP contribution in [0.4, 0.5) is 14.5 Å². The van der Waals surface area contributed by atoms with Gasteiger partial charge in [-0.1, -0.05) is 6.92 Å². The van der Waals surface area contributed by atoms with Crippen molar-refractivity contribution < 1.29 is 22.0 Å². The summed E-state index contributed by atoms with van der Waals surface area (Å²) in [6, 6.07) is 1.86. The molecule has 9 heteroatoms. The first-order valence-corrected chi connectivity index (χ1v) is 7.42. The summed E-state index contributed by atoms with van der Waals surface area (Å²) >= 11 is 0. The number of hydrogen-bond acceptors (Lipinski definition) is 4. The molecule has 0 aromatic heterocycles. The molecule has 0 atom stereocenters. The number of carbonyl (C=O) groups is 1. The van der Waals surface area contributed by atoms with Crippen LogP contribution in [0.5, 0.6) is 0 Å². The van der Waals surface area contributed by atoms with Gasteiger partial charge >= 0.3 is 0 Å². The third-order valence-corrected chi connectivity index (χ3v) is 3.84. The first-order valence-electron chi connectivity index (χ1n) is 5.77. The molecule has 0 unspecified atom stereocenters. The zero-order valence-corrected chi connectivity index (χ0v) is 11.6. The van der Waals surface area contributed by atoms with Gasteiger partial charge in [0.1, 0.15) is 11.4 Å². The van der Waals surface area contributed by atoms with Crippen LogP contribution in [0.1, 0.15) is 17.3 Å². The maximum atomic E-state index is 13.5. The van der Waals surface area contributed by atoms with Gasteiger partial charge in [-0.05, 0) is 12.1 Å².